The Kier molecular flexibility index (Phi) is 3.80. The Labute approximate surface area is 157 Å². The highest BCUT2D eigenvalue weighted by molar-refractivity contribution is 5.89. The number of fused-ring (bicyclic) bond motifs is 1. The van der Waals surface area contributed by atoms with E-state index in [-0.39, 0.29) is 0 Å². The summed E-state index contributed by atoms with van der Waals surface area (Å²) in [5.41, 5.74) is 8.24. The zero-order valence-corrected chi connectivity index (χ0v) is 15.0. The number of imidazole rings is 1. The fraction of sp³-hybridized carbons (Fsp3) is 0.136. The van der Waals surface area contributed by atoms with Crippen molar-refractivity contribution in [2.24, 2.45) is 0 Å². The van der Waals surface area contributed by atoms with Gasteiger partial charge in [-0.05, 0) is 48.4 Å². The minimum absolute atomic E-state index is 0.898. The van der Waals surface area contributed by atoms with Crippen LogP contribution in [0.4, 0.5) is 0 Å². The van der Waals surface area contributed by atoms with E-state index in [1.165, 1.54) is 11.1 Å². The first-order valence-electron chi connectivity index (χ1n) is 9.06. The third-order valence-electron chi connectivity index (χ3n) is 4.92. The van der Waals surface area contributed by atoms with Gasteiger partial charge in [-0.2, -0.15) is 0 Å². The molecule has 0 atom stereocenters. The van der Waals surface area contributed by atoms with Gasteiger partial charge in [-0.15, -0.1) is 0 Å². The number of H-pyrrole nitrogens is 1. The zero-order chi connectivity index (χ0) is 18.2. The van der Waals surface area contributed by atoms with Gasteiger partial charge in [0.25, 0.3) is 0 Å². The summed E-state index contributed by atoms with van der Waals surface area (Å²) in [5, 5.41) is 4.46. The molecule has 0 spiro atoms. The minimum atomic E-state index is 0.898. The molecule has 0 radical (unpaired) electrons. The van der Waals surface area contributed by atoms with Crippen LogP contribution in [0.2, 0.25) is 0 Å². The lowest BCUT2D eigenvalue weighted by Crippen LogP contribution is -2.07. The molecular formula is C22H19N5. The highest BCUT2D eigenvalue weighted by Gasteiger charge is 2.13. The van der Waals surface area contributed by atoms with E-state index in [1.807, 2.05) is 31.3 Å². The van der Waals surface area contributed by atoms with E-state index in [4.69, 9.17) is 0 Å². The van der Waals surface area contributed by atoms with Gasteiger partial charge in [0, 0.05) is 35.9 Å². The van der Waals surface area contributed by atoms with E-state index in [0.29, 0.717) is 0 Å². The van der Waals surface area contributed by atoms with E-state index < -0.39 is 0 Å². The molecule has 1 aliphatic heterocycles. The maximum Gasteiger partial charge on any atom is 0.0977 e. The van der Waals surface area contributed by atoms with Gasteiger partial charge in [0.15, 0.2) is 0 Å². The predicted octanol–water partition coefficient (Wildman–Crippen LogP) is 3.98. The summed E-state index contributed by atoms with van der Waals surface area (Å²) >= 11 is 0. The van der Waals surface area contributed by atoms with Crippen LogP contribution in [0.3, 0.4) is 0 Å². The smallest absolute Gasteiger partial charge is 0.0977 e. The lowest BCUT2D eigenvalue weighted by atomic mass is 10.0. The summed E-state index contributed by atoms with van der Waals surface area (Å²) in [7, 11) is 0. The Morgan fingerprint density at radius 3 is 2.78 bits per heavy atom. The molecule has 0 saturated carbocycles. The highest BCUT2D eigenvalue weighted by Crippen LogP contribution is 2.30. The van der Waals surface area contributed by atoms with Gasteiger partial charge in [0.05, 0.1) is 28.9 Å². The van der Waals surface area contributed by atoms with Crippen molar-refractivity contribution in [1.82, 2.24) is 25.3 Å². The molecule has 1 aliphatic rings. The van der Waals surface area contributed by atoms with E-state index in [2.05, 4.69) is 55.6 Å². The summed E-state index contributed by atoms with van der Waals surface area (Å²) in [6.07, 6.45) is 5.90. The van der Waals surface area contributed by atoms with Crippen molar-refractivity contribution in [3.63, 3.8) is 0 Å². The molecule has 0 amide bonds. The van der Waals surface area contributed by atoms with E-state index in [1.54, 1.807) is 6.33 Å². The van der Waals surface area contributed by atoms with Gasteiger partial charge < -0.3 is 10.3 Å². The van der Waals surface area contributed by atoms with Crippen molar-refractivity contribution in [3.05, 3.63) is 72.3 Å². The molecule has 0 fully saturated rings. The lowest BCUT2D eigenvalue weighted by Gasteiger charge is -2.07. The molecule has 27 heavy (non-hydrogen) atoms. The van der Waals surface area contributed by atoms with Crippen LogP contribution in [0.5, 0.6) is 0 Å². The van der Waals surface area contributed by atoms with Crippen LogP contribution in [0.1, 0.15) is 11.3 Å². The topological polar surface area (TPSA) is 66.5 Å². The third-order valence-corrected chi connectivity index (χ3v) is 4.92. The van der Waals surface area contributed by atoms with Crippen molar-refractivity contribution >= 4 is 16.5 Å². The fourth-order valence-electron chi connectivity index (χ4n) is 3.54. The van der Waals surface area contributed by atoms with Crippen LogP contribution in [0.25, 0.3) is 39.1 Å². The first kappa shape index (κ1) is 15.9. The standard InChI is InChI=1S/C22H19N5/c1-14-3-2-4-20(27-14)22-21(25-13-26-22)15-5-6-19-17(9-15)10-18(12-24-19)16-7-8-23-11-16/h2-7,9-10,12-13,23H,8,11H2,1H3,(H,25,26). The van der Waals surface area contributed by atoms with E-state index in [0.717, 1.165) is 52.3 Å². The second-order valence-electron chi connectivity index (χ2n) is 6.78. The van der Waals surface area contributed by atoms with Gasteiger partial charge in [-0.25, -0.2) is 4.98 Å². The Bertz CT molecular complexity index is 1170. The fourth-order valence-corrected chi connectivity index (χ4v) is 3.54. The minimum Gasteiger partial charge on any atom is -0.343 e. The number of pyridine rings is 2. The molecule has 3 aromatic heterocycles. The van der Waals surface area contributed by atoms with Crippen LogP contribution in [0, 0.1) is 6.92 Å². The largest absolute Gasteiger partial charge is 0.343 e. The van der Waals surface area contributed by atoms with Crippen molar-refractivity contribution < 1.29 is 0 Å². The van der Waals surface area contributed by atoms with Crippen molar-refractivity contribution in [2.45, 2.75) is 6.92 Å². The number of aryl methyl sites for hydroxylation is 1. The first-order valence-corrected chi connectivity index (χ1v) is 9.06. The number of hydrogen-bond acceptors (Lipinski definition) is 4. The number of aromatic amines is 1. The predicted molar refractivity (Wildman–Crippen MR) is 108 cm³/mol. The van der Waals surface area contributed by atoms with Crippen molar-refractivity contribution in [1.29, 1.82) is 0 Å². The van der Waals surface area contributed by atoms with E-state index >= 15 is 0 Å². The van der Waals surface area contributed by atoms with E-state index in [9.17, 15) is 0 Å². The lowest BCUT2D eigenvalue weighted by molar-refractivity contribution is 0.897. The van der Waals surface area contributed by atoms with Gasteiger partial charge >= 0.3 is 0 Å². The van der Waals surface area contributed by atoms with Crippen LogP contribution >= 0.6 is 0 Å². The molecule has 0 saturated heterocycles. The van der Waals surface area contributed by atoms with Crippen LogP contribution in [-0.4, -0.2) is 33.0 Å². The molecule has 5 heteroatoms. The number of hydrogen-bond donors (Lipinski definition) is 2. The molecule has 4 aromatic rings. The van der Waals surface area contributed by atoms with Gasteiger partial charge in [-0.3, -0.25) is 9.97 Å². The number of benzene rings is 1. The summed E-state index contributed by atoms with van der Waals surface area (Å²) in [5.74, 6) is 0. The monoisotopic (exact) mass is 353 g/mol. The van der Waals surface area contributed by atoms with Crippen LogP contribution in [-0.2, 0) is 0 Å². The average molecular weight is 353 g/mol. The maximum atomic E-state index is 4.63. The second kappa shape index (κ2) is 6.45. The highest BCUT2D eigenvalue weighted by atomic mass is 14.9. The molecule has 2 N–H and O–H groups in total. The molecule has 4 heterocycles. The molecule has 0 aliphatic carbocycles. The van der Waals surface area contributed by atoms with Crippen molar-refractivity contribution in [2.75, 3.05) is 13.1 Å². The maximum absolute atomic E-state index is 4.63. The zero-order valence-electron chi connectivity index (χ0n) is 15.0. The van der Waals surface area contributed by atoms with Crippen LogP contribution in [0.15, 0.2) is 61.1 Å². The quantitative estimate of drug-likeness (QED) is 0.585. The molecule has 5 rings (SSSR count). The summed E-state index contributed by atoms with van der Waals surface area (Å²) in [6, 6.07) is 14.5. The van der Waals surface area contributed by atoms with Gasteiger partial charge in [-0.1, -0.05) is 18.2 Å². The third kappa shape index (κ3) is 2.92. The molecular weight excluding hydrogens is 334 g/mol. The Hall–Kier alpha value is -3.31. The Balaban J connectivity index is 1.61. The molecule has 0 unspecified atom stereocenters. The van der Waals surface area contributed by atoms with Gasteiger partial charge in [0.1, 0.15) is 0 Å². The molecule has 1 aromatic carbocycles. The number of aromatic nitrogens is 4. The first-order chi connectivity index (χ1) is 13.3. The number of nitrogens with one attached hydrogen (secondary N) is 2. The second-order valence-corrected chi connectivity index (χ2v) is 6.78. The Morgan fingerprint density at radius 1 is 1.00 bits per heavy atom. The molecule has 5 nitrogen and oxygen atoms in total. The van der Waals surface area contributed by atoms with Crippen molar-refractivity contribution in [3.8, 4) is 22.6 Å². The summed E-state index contributed by atoms with van der Waals surface area (Å²) in [6.45, 7) is 3.82. The summed E-state index contributed by atoms with van der Waals surface area (Å²) in [4.78, 5) is 17.1. The Morgan fingerprint density at radius 2 is 1.93 bits per heavy atom. The van der Waals surface area contributed by atoms with Crippen LogP contribution < -0.4 is 5.32 Å². The molecule has 0 bridgehead atoms. The summed E-state index contributed by atoms with van der Waals surface area (Å²) < 4.78 is 0. The number of nitrogens with zero attached hydrogens (tertiary/aromatic N) is 3. The normalized spacial score (nSPS) is 13.9. The van der Waals surface area contributed by atoms with Gasteiger partial charge in [0.2, 0.25) is 0 Å². The SMILES string of the molecule is Cc1cccc(-c2[nH]cnc2-c2ccc3ncc(C4=CCNC4)cc3c2)n1. The average Bonchev–Trinajstić information content (AvgIpc) is 3.39. The number of rotatable bonds is 3. The molecule has 132 valence electrons.